The average Bonchev–Trinajstić information content (AvgIpc) is 2.02. The van der Waals surface area contributed by atoms with E-state index >= 15 is 0 Å². The standard InChI is InChI=1S/C7H4Cl2F2N2O/c8-2-1-3(12)5(7(10)11)13-4(2)6(9)14/h1,7H,12H2. The second kappa shape index (κ2) is 4.06. The molecule has 0 aliphatic rings. The fourth-order valence-corrected chi connectivity index (χ4v) is 1.27. The van der Waals surface area contributed by atoms with E-state index in [1.54, 1.807) is 0 Å². The summed E-state index contributed by atoms with van der Waals surface area (Å²) < 4.78 is 24.5. The van der Waals surface area contributed by atoms with Gasteiger partial charge in [0, 0.05) is 0 Å². The van der Waals surface area contributed by atoms with Gasteiger partial charge in [-0.2, -0.15) is 0 Å². The van der Waals surface area contributed by atoms with Crippen LogP contribution in [0, 0.1) is 0 Å². The third-order valence-corrected chi connectivity index (χ3v) is 1.90. The van der Waals surface area contributed by atoms with Crippen LogP contribution in [-0.2, 0) is 0 Å². The third kappa shape index (κ3) is 2.10. The van der Waals surface area contributed by atoms with Crippen LogP contribution in [0.1, 0.15) is 22.6 Å². The summed E-state index contributed by atoms with van der Waals surface area (Å²) in [6.45, 7) is 0. The second-order valence-corrected chi connectivity index (χ2v) is 3.12. The van der Waals surface area contributed by atoms with Crippen molar-refractivity contribution in [1.29, 1.82) is 0 Å². The van der Waals surface area contributed by atoms with Gasteiger partial charge in [-0.15, -0.1) is 0 Å². The molecular formula is C7H4Cl2F2N2O. The Morgan fingerprint density at radius 1 is 1.57 bits per heavy atom. The largest absolute Gasteiger partial charge is 0.397 e. The maximum atomic E-state index is 12.3. The van der Waals surface area contributed by atoms with E-state index in [4.69, 9.17) is 28.9 Å². The van der Waals surface area contributed by atoms with Gasteiger partial charge in [0.25, 0.3) is 11.7 Å². The van der Waals surface area contributed by atoms with Crippen LogP contribution in [0.2, 0.25) is 5.02 Å². The number of carbonyl (C=O) groups is 1. The Balaban J connectivity index is 3.34. The fraction of sp³-hybridized carbons (Fsp3) is 0.143. The Morgan fingerprint density at radius 2 is 2.14 bits per heavy atom. The molecule has 0 aromatic carbocycles. The van der Waals surface area contributed by atoms with Crippen LogP contribution in [0.5, 0.6) is 0 Å². The predicted octanol–water partition coefficient (Wildman–Crippen LogP) is 2.63. The third-order valence-electron chi connectivity index (χ3n) is 1.43. The lowest BCUT2D eigenvalue weighted by molar-refractivity contribution is 0.107. The highest BCUT2D eigenvalue weighted by molar-refractivity contribution is 6.68. The molecule has 1 heterocycles. The number of nitrogen functional groups attached to an aromatic ring is 1. The van der Waals surface area contributed by atoms with Crippen LogP contribution in [-0.4, -0.2) is 10.2 Å². The van der Waals surface area contributed by atoms with E-state index < -0.39 is 23.1 Å². The van der Waals surface area contributed by atoms with Gasteiger partial charge < -0.3 is 5.73 Å². The van der Waals surface area contributed by atoms with E-state index in [9.17, 15) is 13.6 Å². The molecule has 0 unspecified atom stereocenters. The lowest BCUT2D eigenvalue weighted by Gasteiger charge is -2.06. The first-order valence-electron chi connectivity index (χ1n) is 3.37. The van der Waals surface area contributed by atoms with Crippen LogP contribution in [0.15, 0.2) is 6.07 Å². The Hall–Kier alpha value is -0.940. The average molecular weight is 241 g/mol. The van der Waals surface area contributed by atoms with Crippen LogP contribution < -0.4 is 5.73 Å². The van der Waals surface area contributed by atoms with Gasteiger partial charge in [0.05, 0.1) is 10.7 Å². The molecule has 3 nitrogen and oxygen atoms in total. The van der Waals surface area contributed by atoms with Gasteiger partial charge in [-0.25, -0.2) is 13.8 Å². The van der Waals surface area contributed by atoms with Crippen molar-refractivity contribution in [2.24, 2.45) is 0 Å². The Kier molecular flexibility index (Phi) is 3.23. The highest BCUT2D eigenvalue weighted by Crippen LogP contribution is 2.27. The molecule has 0 spiro atoms. The number of hydrogen-bond acceptors (Lipinski definition) is 3. The van der Waals surface area contributed by atoms with Gasteiger partial charge in [-0.3, -0.25) is 4.79 Å². The number of alkyl halides is 2. The van der Waals surface area contributed by atoms with Crippen molar-refractivity contribution in [2.45, 2.75) is 6.43 Å². The van der Waals surface area contributed by atoms with Crippen molar-refractivity contribution in [3.8, 4) is 0 Å². The number of hydrogen-bond donors (Lipinski definition) is 1. The molecule has 2 N–H and O–H groups in total. The van der Waals surface area contributed by atoms with Crippen molar-refractivity contribution in [3.05, 3.63) is 22.5 Å². The van der Waals surface area contributed by atoms with Gasteiger partial charge in [-0.05, 0) is 17.7 Å². The van der Waals surface area contributed by atoms with E-state index in [2.05, 4.69) is 4.98 Å². The number of pyridine rings is 1. The summed E-state index contributed by atoms with van der Waals surface area (Å²) in [5, 5.41) is -1.15. The maximum absolute atomic E-state index is 12.3. The number of halogens is 4. The van der Waals surface area contributed by atoms with E-state index in [0.29, 0.717) is 0 Å². The van der Waals surface area contributed by atoms with Gasteiger partial charge in [-0.1, -0.05) is 11.6 Å². The number of anilines is 1. The molecule has 1 rings (SSSR count). The Labute approximate surface area is 87.8 Å². The molecule has 76 valence electrons. The van der Waals surface area contributed by atoms with Gasteiger partial charge in [0.2, 0.25) is 0 Å². The van der Waals surface area contributed by atoms with Gasteiger partial charge >= 0.3 is 0 Å². The molecule has 0 aliphatic carbocycles. The maximum Gasteiger partial charge on any atom is 0.282 e. The number of aromatic nitrogens is 1. The second-order valence-electron chi connectivity index (χ2n) is 2.37. The highest BCUT2D eigenvalue weighted by Gasteiger charge is 2.19. The molecule has 0 aliphatic heterocycles. The van der Waals surface area contributed by atoms with Crippen LogP contribution in [0.25, 0.3) is 0 Å². The van der Waals surface area contributed by atoms with Gasteiger partial charge in [0.1, 0.15) is 11.4 Å². The number of carbonyl (C=O) groups excluding carboxylic acids is 1. The van der Waals surface area contributed by atoms with Crippen LogP contribution in [0.3, 0.4) is 0 Å². The number of nitrogens with two attached hydrogens (primary N) is 1. The summed E-state index contributed by atoms with van der Waals surface area (Å²) in [6.07, 6.45) is -2.87. The topological polar surface area (TPSA) is 56.0 Å². The molecule has 7 heteroatoms. The number of nitrogens with zero attached hydrogens (tertiary/aromatic N) is 1. The molecule has 0 atom stereocenters. The van der Waals surface area contributed by atoms with Crippen molar-refractivity contribution >= 4 is 34.1 Å². The zero-order chi connectivity index (χ0) is 10.9. The lowest BCUT2D eigenvalue weighted by Crippen LogP contribution is -2.04. The Morgan fingerprint density at radius 3 is 2.57 bits per heavy atom. The predicted molar refractivity (Wildman–Crippen MR) is 48.8 cm³/mol. The monoisotopic (exact) mass is 240 g/mol. The fourth-order valence-electron chi connectivity index (χ4n) is 0.830. The van der Waals surface area contributed by atoms with Crippen molar-refractivity contribution in [3.63, 3.8) is 0 Å². The molecule has 0 saturated heterocycles. The summed E-state index contributed by atoms with van der Waals surface area (Å²) in [7, 11) is 0. The Bertz CT molecular complexity index is 384. The van der Waals surface area contributed by atoms with Crippen LogP contribution in [0.4, 0.5) is 14.5 Å². The van der Waals surface area contributed by atoms with E-state index in [1.807, 2.05) is 0 Å². The summed E-state index contributed by atoms with van der Waals surface area (Å²) in [6, 6.07) is 1.02. The minimum atomic E-state index is -2.87. The summed E-state index contributed by atoms with van der Waals surface area (Å²) in [5.74, 6) is 0. The molecule has 0 bridgehead atoms. The van der Waals surface area contributed by atoms with Crippen molar-refractivity contribution in [1.82, 2.24) is 4.98 Å². The van der Waals surface area contributed by atoms with E-state index in [-0.39, 0.29) is 10.7 Å². The van der Waals surface area contributed by atoms with Crippen molar-refractivity contribution in [2.75, 3.05) is 5.73 Å². The molecule has 0 amide bonds. The molecule has 0 saturated carbocycles. The first kappa shape index (κ1) is 11.1. The lowest BCUT2D eigenvalue weighted by atomic mass is 10.2. The highest BCUT2D eigenvalue weighted by atomic mass is 35.5. The van der Waals surface area contributed by atoms with E-state index in [0.717, 1.165) is 6.07 Å². The zero-order valence-electron chi connectivity index (χ0n) is 6.60. The minimum absolute atomic E-state index is 0.146. The summed E-state index contributed by atoms with van der Waals surface area (Å²) in [5.41, 5.74) is 3.82. The molecule has 0 fully saturated rings. The first-order valence-corrected chi connectivity index (χ1v) is 4.13. The molecule has 1 aromatic rings. The molecule has 1 aromatic heterocycles. The molecule has 0 radical (unpaired) electrons. The van der Waals surface area contributed by atoms with E-state index in [1.165, 1.54) is 0 Å². The summed E-state index contributed by atoms with van der Waals surface area (Å²) in [4.78, 5) is 14.0. The quantitative estimate of drug-likeness (QED) is 0.809. The zero-order valence-corrected chi connectivity index (χ0v) is 8.11. The van der Waals surface area contributed by atoms with Crippen LogP contribution >= 0.6 is 23.2 Å². The minimum Gasteiger partial charge on any atom is -0.397 e. The SMILES string of the molecule is Nc1cc(Cl)c(C(=O)Cl)nc1C(F)F. The normalized spacial score (nSPS) is 10.6. The number of rotatable bonds is 2. The molecular weight excluding hydrogens is 237 g/mol. The van der Waals surface area contributed by atoms with Crippen molar-refractivity contribution < 1.29 is 13.6 Å². The van der Waals surface area contributed by atoms with Gasteiger partial charge in [0.15, 0.2) is 0 Å². The smallest absolute Gasteiger partial charge is 0.282 e. The summed E-state index contributed by atoms with van der Waals surface area (Å²) >= 11 is 10.6. The first-order chi connectivity index (χ1) is 6.43. The molecule has 14 heavy (non-hydrogen) atoms.